The molecule has 7 atom stereocenters. The highest BCUT2D eigenvalue weighted by atomic mass is 16.4. The van der Waals surface area contributed by atoms with Gasteiger partial charge in [-0.1, -0.05) is 37.3 Å². The maximum atomic E-state index is 11.7. The van der Waals surface area contributed by atoms with E-state index in [4.69, 9.17) is 5.11 Å². The van der Waals surface area contributed by atoms with Gasteiger partial charge < -0.3 is 15.3 Å². The van der Waals surface area contributed by atoms with E-state index >= 15 is 0 Å². The molecule has 3 saturated carbocycles. The van der Waals surface area contributed by atoms with Crippen LogP contribution >= 0.6 is 0 Å². The summed E-state index contributed by atoms with van der Waals surface area (Å²) >= 11 is 0. The van der Waals surface area contributed by atoms with Crippen LogP contribution in [0.15, 0.2) is 36.0 Å². The second-order valence-corrected chi connectivity index (χ2v) is 9.98. The Morgan fingerprint density at radius 3 is 2.71 bits per heavy atom. The lowest BCUT2D eigenvalue weighted by Crippen LogP contribution is -2.54. The Hall–Kier alpha value is -1.39. The monoisotopic (exact) mass is 386 g/mol. The minimum atomic E-state index is -1.00. The molecule has 4 rings (SSSR count). The van der Waals surface area contributed by atoms with Crippen LogP contribution in [-0.2, 0) is 4.79 Å². The van der Waals surface area contributed by atoms with Crippen LogP contribution in [0, 0.1) is 29.1 Å². The van der Waals surface area contributed by atoms with Gasteiger partial charge in [-0.3, -0.25) is 4.79 Å². The zero-order chi connectivity index (χ0) is 20.3. The van der Waals surface area contributed by atoms with Crippen molar-refractivity contribution in [3.05, 3.63) is 36.0 Å². The summed E-state index contributed by atoms with van der Waals surface area (Å²) in [6, 6.07) is 0. The van der Waals surface area contributed by atoms with Gasteiger partial charge in [0.15, 0.2) is 0 Å². The van der Waals surface area contributed by atoms with E-state index in [2.05, 4.69) is 26.2 Å². The molecule has 0 saturated heterocycles. The van der Waals surface area contributed by atoms with Crippen molar-refractivity contribution in [2.24, 2.45) is 29.1 Å². The molecule has 0 heterocycles. The van der Waals surface area contributed by atoms with Gasteiger partial charge in [-0.2, -0.15) is 0 Å². The molecule has 0 aliphatic heterocycles. The van der Waals surface area contributed by atoms with Gasteiger partial charge in [0, 0.05) is 11.8 Å². The van der Waals surface area contributed by atoms with E-state index < -0.39 is 11.6 Å². The first kappa shape index (κ1) is 19.9. The van der Waals surface area contributed by atoms with Crippen molar-refractivity contribution in [2.45, 2.75) is 76.4 Å². The van der Waals surface area contributed by atoms with Gasteiger partial charge in [-0.25, -0.2) is 0 Å². The summed E-state index contributed by atoms with van der Waals surface area (Å²) in [4.78, 5) is 11.0. The van der Waals surface area contributed by atoms with E-state index in [0.717, 1.165) is 38.5 Å². The van der Waals surface area contributed by atoms with Crippen LogP contribution in [-0.4, -0.2) is 33.0 Å². The molecular formula is C24H34O4. The summed E-state index contributed by atoms with van der Waals surface area (Å²) in [5, 5.41) is 30.8. The fraction of sp³-hybridized carbons (Fsp3) is 0.708. The number of aliphatic carboxylic acids is 1. The summed E-state index contributed by atoms with van der Waals surface area (Å²) in [7, 11) is 0. The van der Waals surface area contributed by atoms with E-state index in [-0.39, 0.29) is 17.9 Å². The molecule has 0 spiro atoms. The minimum Gasteiger partial charge on any atom is -0.481 e. The summed E-state index contributed by atoms with van der Waals surface area (Å²) in [6.07, 6.45) is 8.59. The first-order valence-corrected chi connectivity index (χ1v) is 10.9. The number of fused-ring (bicyclic) bond motifs is 5. The van der Waals surface area contributed by atoms with E-state index in [1.807, 2.05) is 0 Å². The molecule has 0 unspecified atom stereocenters. The first-order chi connectivity index (χ1) is 13.2. The van der Waals surface area contributed by atoms with Crippen LogP contribution in [0.4, 0.5) is 0 Å². The Morgan fingerprint density at radius 1 is 1.25 bits per heavy atom. The maximum Gasteiger partial charge on any atom is 0.303 e. The van der Waals surface area contributed by atoms with E-state index in [1.165, 1.54) is 11.1 Å². The van der Waals surface area contributed by atoms with E-state index in [1.54, 1.807) is 0 Å². The minimum absolute atomic E-state index is 0.0213. The maximum absolute atomic E-state index is 11.7. The van der Waals surface area contributed by atoms with Crippen LogP contribution in [0.25, 0.3) is 0 Å². The molecule has 3 N–H and O–H groups in total. The Bertz CT molecular complexity index is 737. The molecule has 0 aromatic rings. The molecule has 0 amide bonds. The number of aliphatic hydroxyl groups excluding tert-OH is 1. The zero-order valence-corrected chi connectivity index (χ0v) is 17.0. The van der Waals surface area contributed by atoms with Crippen molar-refractivity contribution in [3.63, 3.8) is 0 Å². The average molecular weight is 387 g/mol. The third-order valence-corrected chi connectivity index (χ3v) is 8.71. The lowest BCUT2D eigenvalue weighted by Gasteiger charge is -2.57. The molecule has 4 aliphatic rings. The molecule has 4 nitrogen and oxygen atoms in total. The van der Waals surface area contributed by atoms with Gasteiger partial charge in [-0.15, -0.1) is 0 Å². The molecule has 0 aromatic heterocycles. The number of rotatable bonds is 4. The second-order valence-electron chi connectivity index (χ2n) is 9.98. The summed E-state index contributed by atoms with van der Waals surface area (Å²) in [5.74, 6) is 1.06. The lowest BCUT2D eigenvalue weighted by atomic mass is 9.48. The van der Waals surface area contributed by atoms with E-state index in [0.29, 0.717) is 42.1 Å². The molecule has 4 aliphatic carbocycles. The van der Waals surface area contributed by atoms with E-state index in [9.17, 15) is 15.0 Å². The summed E-state index contributed by atoms with van der Waals surface area (Å²) < 4.78 is 0. The van der Waals surface area contributed by atoms with Gasteiger partial charge in [0.25, 0.3) is 0 Å². The first-order valence-electron chi connectivity index (χ1n) is 10.9. The normalized spacial score (nSPS) is 44.9. The third-order valence-electron chi connectivity index (χ3n) is 8.71. The number of carbonyl (C=O) groups is 1. The smallest absolute Gasteiger partial charge is 0.303 e. The Morgan fingerprint density at radius 2 is 2.00 bits per heavy atom. The van der Waals surface area contributed by atoms with Crippen LogP contribution < -0.4 is 0 Å². The average Bonchev–Trinajstić information content (AvgIpc) is 2.91. The Kier molecular flexibility index (Phi) is 4.86. The number of carboxylic acids is 1. The molecule has 154 valence electrons. The molecule has 0 bridgehead atoms. The van der Waals surface area contributed by atoms with Gasteiger partial charge >= 0.3 is 5.97 Å². The zero-order valence-electron chi connectivity index (χ0n) is 17.0. The quantitative estimate of drug-likeness (QED) is 0.632. The van der Waals surface area contributed by atoms with Crippen molar-refractivity contribution in [1.29, 1.82) is 0 Å². The van der Waals surface area contributed by atoms with Crippen molar-refractivity contribution >= 4 is 5.97 Å². The number of carboxylic acid groups (broad SMARTS) is 1. The Labute approximate surface area is 168 Å². The van der Waals surface area contributed by atoms with Gasteiger partial charge in [0.05, 0.1) is 11.7 Å². The SMILES string of the molecule is C=C1C[C@@]2(C)[C@@H](CC[C@@]2(O)C(=C)CCC(=O)O)[C@@H]2CCC3=C[C@@H](O)CC[C@@H]3[C@@H]12. The third kappa shape index (κ3) is 2.83. The lowest BCUT2D eigenvalue weighted by molar-refractivity contribution is -0.137. The van der Waals surface area contributed by atoms with Crippen molar-refractivity contribution in [2.75, 3.05) is 0 Å². The fourth-order valence-corrected chi connectivity index (χ4v) is 7.39. The number of hydrogen-bond donors (Lipinski definition) is 3. The highest BCUT2D eigenvalue weighted by molar-refractivity contribution is 5.67. The van der Waals surface area contributed by atoms with Gasteiger partial charge in [0.2, 0.25) is 0 Å². The highest BCUT2D eigenvalue weighted by Crippen LogP contribution is 2.67. The van der Waals surface area contributed by atoms with Crippen molar-refractivity contribution < 1.29 is 20.1 Å². The molecule has 4 heteroatoms. The summed E-state index contributed by atoms with van der Waals surface area (Å²) in [5.41, 5.74) is 2.03. The van der Waals surface area contributed by atoms with Gasteiger partial charge in [-0.05, 0) is 80.6 Å². The van der Waals surface area contributed by atoms with Crippen LogP contribution in [0.3, 0.4) is 0 Å². The molecular weight excluding hydrogens is 352 g/mol. The van der Waals surface area contributed by atoms with Crippen LogP contribution in [0.1, 0.15) is 64.7 Å². The predicted molar refractivity (Wildman–Crippen MR) is 109 cm³/mol. The number of aliphatic hydroxyl groups is 2. The number of allylic oxidation sites excluding steroid dienone is 2. The molecule has 0 aromatic carbocycles. The second kappa shape index (κ2) is 6.84. The van der Waals surface area contributed by atoms with Crippen molar-refractivity contribution in [3.8, 4) is 0 Å². The van der Waals surface area contributed by atoms with Crippen molar-refractivity contribution in [1.82, 2.24) is 0 Å². The largest absolute Gasteiger partial charge is 0.481 e. The van der Waals surface area contributed by atoms with Crippen LogP contribution in [0.5, 0.6) is 0 Å². The molecule has 0 radical (unpaired) electrons. The standard InChI is InChI=1S/C24H34O4/c1-14-13-23(3)20(10-11-24(23,28)15(2)4-9-21(26)27)19-7-5-16-12-17(25)6-8-18(16)22(14)19/h12,17-20,22,25,28H,1-2,4-11,13H2,3H3,(H,26,27)/t17-,18-,19-,20-,22+,23-,24+/m0/s1. The fourth-order valence-electron chi connectivity index (χ4n) is 7.39. The number of hydrogen-bond acceptors (Lipinski definition) is 3. The summed E-state index contributed by atoms with van der Waals surface area (Å²) in [6.45, 7) is 10.8. The Balaban J connectivity index is 1.62. The molecule has 28 heavy (non-hydrogen) atoms. The van der Waals surface area contributed by atoms with Gasteiger partial charge in [0.1, 0.15) is 0 Å². The topological polar surface area (TPSA) is 77.8 Å². The van der Waals surface area contributed by atoms with Crippen LogP contribution in [0.2, 0.25) is 0 Å². The highest BCUT2D eigenvalue weighted by Gasteiger charge is 2.63. The predicted octanol–water partition coefficient (Wildman–Crippen LogP) is 4.24. The molecule has 3 fully saturated rings.